The highest BCUT2D eigenvalue weighted by molar-refractivity contribution is 5.70. The summed E-state index contributed by atoms with van der Waals surface area (Å²) in [5.74, 6) is 0. The molecule has 1 aromatic carbocycles. The number of nitrogens with zero attached hydrogens (tertiary/aromatic N) is 3. The summed E-state index contributed by atoms with van der Waals surface area (Å²) in [6.45, 7) is 6.19. The average molecular weight is 383 g/mol. The monoisotopic (exact) mass is 383 g/mol. The molecule has 2 atom stereocenters. The lowest BCUT2D eigenvalue weighted by Gasteiger charge is -2.38. The van der Waals surface area contributed by atoms with Gasteiger partial charge in [-0.15, -0.1) is 0 Å². The van der Waals surface area contributed by atoms with E-state index in [0.717, 1.165) is 23.1 Å². The number of amides is 1. The zero-order chi connectivity index (χ0) is 20.5. The van der Waals surface area contributed by atoms with Crippen LogP contribution in [0, 0.1) is 0 Å². The van der Waals surface area contributed by atoms with Gasteiger partial charge < -0.3 is 9.84 Å². The molecule has 0 fully saturated rings. The normalized spacial score (nSPS) is 18.0. The van der Waals surface area contributed by atoms with Crippen LogP contribution in [0.5, 0.6) is 0 Å². The Morgan fingerprint density at radius 3 is 2.54 bits per heavy atom. The number of fused-ring (bicyclic) bond motifs is 1. The van der Waals surface area contributed by atoms with E-state index < -0.39 is 11.8 Å². The molecule has 1 N–H and O–H groups in total. The van der Waals surface area contributed by atoms with Gasteiger partial charge in [0.2, 0.25) is 0 Å². The van der Waals surface area contributed by atoms with E-state index in [4.69, 9.17) is 4.74 Å². The summed E-state index contributed by atoms with van der Waals surface area (Å²) in [6, 6.07) is 9.57. The van der Waals surface area contributed by atoms with Crippen LogP contribution in [-0.4, -0.2) is 52.2 Å². The molecule has 6 nitrogen and oxygen atoms in total. The summed E-state index contributed by atoms with van der Waals surface area (Å²) in [4.78, 5) is 20.6. The van der Waals surface area contributed by atoms with Crippen LogP contribution in [-0.2, 0) is 11.2 Å². The molecule has 0 aliphatic carbocycles. The van der Waals surface area contributed by atoms with E-state index in [0.29, 0.717) is 6.54 Å². The number of hydrogen-bond acceptors (Lipinski definition) is 5. The van der Waals surface area contributed by atoms with Crippen molar-refractivity contribution in [3.63, 3.8) is 0 Å². The highest BCUT2D eigenvalue weighted by Crippen LogP contribution is 2.37. The second-order valence-corrected chi connectivity index (χ2v) is 8.40. The van der Waals surface area contributed by atoms with Gasteiger partial charge in [0.25, 0.3) is 0 Å². The average Bonchev–Trinajstić information content (AvgIpc) is 2.65. The molecule has 2 unspecified atom stereocenters. The predicted molar refractivity (Wildman–Crippen MR) is 108 cm³/mol. The Kier molecular flexibility index (Phi) is 5.72. The lowest BCUT2D eigenvalue weighted by molar-refractivity contribution is 0.0176. The topological polar surface area (TPSA) is 65.9 Å². The standard InChI is InChI=1S/C22H29N3O3/c1-22(2,3)28-21(27)25-13-10-15-6-7-17(20(26)24(4)5)14-18(15)19(25)16-8-11-23-12-9-16/h6-9,11-12,14,19-20,26H,10,13H2,1-5H3. The largest absolute Gasteiger partial charge is 0.444 e. The van der Waals surface area contributed by atoms with Gasteiger partial charge in [0.05, 0.1) is 6.04 Å². The maximum Gasteiger partial charge on any atom is 0.411 e. The van der Waals surface area contributed by atoms with Crippen molar-refractivity contribution in [1.82, 2.24) is 14.8 Å². The first-order valence-corrected chi connectivity index (χ1v) is 9.54. The molecule has 0 radical (unpaired) electrons. The lowest BCUT2D eigenvalue weighted by atomic mass is 9.87. The highest BCUT2D eigenvalue weighted by atomic mass is 16.6. The second kappa shape index (κ2) is 7.89. The first kappa shape index (κ1) is 20.3. The molecule has 0 saturated carbocycles. The van der Waals surface area contributed by atoms with Crippen molar-refractivity contribution in [1.29, 1.82) is 0 Å². The smallest absolute Gasteiger partial charge is 0.411 e. The van der Waals surface area contributed by atoms with Gasteiger partial charge in [0.15, 0.2) is 0 Å². The Balaban J connectivity index is 2.07. The molecular weight excluding hydrogens is 354 g/mol. The van der Waals surface area contributed by atoms with Crippen molar-refractivity contribution < 1.29 is 14.6 Å². The number of pyridine rings is 1. The summed E-state index contributed by atoms with van der Waals surface area (Å²) in [5, 5.41) is 10.5. The van der Waals surface area contributed by atoms with Crippen LogP contribution in [0.25, 0.3) is 0 Å². The van der Waals surface area contributed by atoms with Gasteiger partial charge in [-0.1, -0.05) is 12.1 Å². The summed E-state index contributed by atoms with van der Waals surface area (Å²) >= 11 is 0. The molecule has 1 aromatic heterocycles. The van der Waals surface area contributed by atoms with Crippen LogP contribution in [0.15, 0.2) is 42.7 Å². The van der Waals surface area contributed by atoms with Crippen LogP contribution in [0.1, 0.15) is 55.3 Å². The zero-order valence-corrected chi connectivity index (χ0v) is 17.2. The number of hydrogen-bond donors (Lipinski definition) is 1. The molecule has 3 rings (SSSR count). The Hall–Kier alpha value is -2.44. The molecule has 1 aliphatic rings. The number of carbonyl (C=O) groups excluding carboxylic acids is 1. The Labute approximate surface area is 166 Å². The fourth-order valence-electron chi connectivity index (χ4n) is 3.51. The third kappa shape index (κ3) is 4.34. The maximum absolute atomic E-state index is 13.0. The number of carbonyl (C=O) groups is 1. The van der Waals surface area contributed by atoms with Gasteiger partial charge in [-0.05, 0) is 81.7 Å². The van der Waals surface area contributed by atoms with E-state index >= 15 is 0 Å². The van der Waals surface area contributed by atoms with E-state index in [2.05, 4.69) is 11.1 Å². The van der Waals surface area contributed by atoms with Crippen LogP contribution in [0.4, 0.5) is 4.79 Å². The third-order valence-electron chi connectivity index (χ3n) is 4.84. The predicted octanol–water partition coefficient (Wildman–Crippen LogP) is 3.52. The molecule has 2 aromatic rings. The van der Waals surface area contributed by atoms with Crippen molar-refractivity contribution in [3.8, 4) is 0 Å². The molecule has 0 saturated heterocycles. The molecular formula is C22H29N3O3. The van der Waals surface area contributed by atoms with E-state index in [9.17, 15) is 9.90 Å². The van der Waals surface area contributed by atoms with Crippen molar-refractivity contribution in [2.75, 3.05) is 20.6 Å². The van der Waals surface area contributed by atoms with Crippen LogP contribution in [0.3, 0.4) is 0 Å². The van der Waals surface area contributed by atoms with Gasteiger partial charge in [-0.25, -0.2) is 4.79 Å². The van der Waals surface area contributed by atoms with Crippen LogP contribution < -0.4 is 0 Å². The molecule has 6 heteroatoms. The molecule has 28 heavy (non-hydrogen) atoms. The van der Waals surface area contributed by atoms with Crippen molar-refractivity contribution in [2.45, 2.75) is 45.1 Å². The Morgan fingerprint density at radius 1 is 1.25 bits per heavy atom. The van der Waals surface area contributed by atoms with Gasteiger partial charge in [-0.3, -0.25) is 14.8 Å². The van der Waals surface area contributed by atoms with Gasteiger partial charge in [-0.2, -0.15) is 0 Å². The number of benzene rings is 1. The van der Waals surface area contributed by atoms with Gasteiger partial charge in [0.1, 0.15) is 11.8 Å². The van der Waals surface area contributed by atoms with E-state index in [1.807, 2.05) is 59.1 Å². The quantitative estimate of drug-likeness (QED) is 0.822. The summed E-state index contributed by atoms with van der Waals surface area (Å²) in [5.41, 5.74) is 3.40. The zero-order valence-electron chi connectivity index (χ0n) is 17.2. The van der Waals surface area contributed by atoms with Crippen molar-refractivity contribution >= 4 is 6.09 Å². The van der Waals surface area contributed by atoms with Crippen LogP contribution in [0.2, 0.25) is 0 Å². The first-order valence-electron chi connectivity index (χ1n) is 9.54. The summed E-state index contributed by atoms with van der Waals surface area (Å²) in [6.07, 6.45) is 3.16. The fourth-order valence-corrected chi connectivity index (χ4v) is 3.51. The summed E-state index contributed by atoms with van der Waals surface area (Å²) < 4.78 is 5.67. The minimum absolute atomic E-state index is 0.282. The van der Waals surface area contributed by atoms with Gasteiger partial charge >= 0.3 is 6.09 Å². The van der Waals surface area contributed by atoms with E-state index in [1.165, 1.54) is 5.56 Å². The Bertz CT molecular complexity index is 831. The highest BCUT2D eigenvalue weighted by Gasteiger charge is 2.35. The number of aromatic nitrogens is 1. The van der Waals surface area contributed by atoms with Crippen LogP contribution >= 0.6 is 0 Å². The van der Waals surface area contributed by atoms with Crippen molar-refractivity contribution in [2.24, 2.45) is 0 Å². The molecule has 0 spiro atoms. The van der Waals surface area contributed by atoms with Crippen molar-refractivity contribution in [3.05, 3.63) is 65.0 Å². The SMILES string of the molecule is CN(C)C(O)c1ccc2c(c1)C(c1ccncc1)N(C(=O)OC(C)(C)C)CC2. The Morgan fingerprint density at radius 2 is 1.93 bits per heavy atom. The first-order chi connectivity index (χ1) is 13.2. The lowest BCUT2D eigenvalue weighted by Crippen LogP contribution is -2.43. The van der Waals surface area contributed by atoms with E-state index in [-0.39, 0.29) is 12.1 Å². The molecule has 1 amide bonds. The van der Waals surface area contributed by atoms with Gasteiger partial charge in [0, 0.05) is 18.9 Å². The number of aliphatic hydroxyl groups is 1. The fraction of sp³-hybridized carbons (Fsp3) is 0.455. The molecule has 150 valence electrons. The maximum atomic E-state index is 13.0. The third-order valence-corrected chi connectivity index (χ3v) is 4.84. The number of rotatable bonds is 3. The second-order valence-electron chi connectivity index (χ2n) is 8.40. The minimum Gasteiger partial charge on any atom is -0.444 e. The number of ether oxygens (including phenoxy) is 1. The number of aliphatic hydroxyl groups excluding tert-OH is 1. The van der Waals surface area contributed by atoms with E-state index in [1.54, 1.807) is 22.2 Å². The molecule has 1 aliphatic heterocycles. The molecule has 0 bridgehead atoms. The molecule has 2 heterocycles. The summed E-state index contributed by atoms with van der Waals surface area (Å²) in [7, 11) is 3.66. The minimum atomic E-state index is -0.708.